The van der Waals surface area contributed by atoms with Crippen LogP contribution >= 0.6 is 11.8 Å². The summed E-state index contributed by atoms with van der Waals surface area (Å²) >= 11 is 1.74. The van der Waals surface area contributed by atoms with Crippen molar-refractivity contribution in [3.63, 3.8) is 0 Å². The Morgan fingerprint density at radius 3 is 2.28 bits per heavy atom. The zero-order valence-corrected chi connectivity index (χ0v) is 19.3. The molecular formula is C24H25FN2O3S2. The Balaban J connectivity index is 1.57. The molecule has 5 nitrogen and oxygen atoms in total. The second-order valence-corrected chi connectivity index (χ2v) is 10.2. The second-order valence-electron chi connectivity index (χ2n) is 7.20. The van der Waals surface area contributed by atoms with E-state index in [9.17, 15) is 17.6 Å². The molecule has 32 heavy (non-hydrogen) atoms. The van der Waals surface area contributed by atoms with E-state index in [0.717, 1.165) is 22.1 Å². The van der Waals surface area contributed by atoms with Gasteiger partial charge in [0, 0.05) is 29.2 Å². The number of benzene rings is 3. The fourth-order valence-electron chi connectivity index (χ4n) is 3.06. The van der Waals surface area contributed by atoms with Crippen molar-refractivity contribution in [3.8, 4) is 0 Å². The van der Waals surface area contributed by atoms with E-state index in [0.29, 0.717) is 17.8 Å². The summed E-state index contributed by atoms with van der Waals surface area (Å²) in [4.78, 5) is 12.4. The molecule has 0 spiro atoms. The number of sulfonamides is 1. The van der Waals surface area contributed by atoms with Gasteiger partial charge in [0.1, 0.15) is 5.82 Å². The summed E-state index contributed by atoms with van der Waals surface area (Å²) in [5.74, 6) is 0.969. The highest BCUT2D eigenvalue weighted by atomic mass is 32.2. The van der Waals surface area contributed by atoms with E-state index in [-0.39, 0.29) is 18.0 Å². The van der Waals surface area contributed by atoms with Crippen molar-refractivity contribution in [1.82, 2.24) is 5.32 Å². The van der Waals surface area contributed by atoms with E-state index < -0.39 is 15.8 Å². The highest BCUT2D eigenvalue weighted by molar-refractivity contribution is 7.98. The molecule has 0 aliphatic carbocycles. The number of carbonyl (C=O) groups excluding carboxylic acids is 1. The summed E-state index contributed by atoms with van der Waals surface area (Å²) in [6.45, 7) is 0.399. The molecule has 8 heteroatoms. The molecule has 0 atom stereocenters. The van der Waals surface area contributed by atoms with E-state index in [4.69, 9.17) is 0 Å². The van der Waals surface area contributed by atoms with Gasteiger partial charge in [0.25, 0.3) is 5.91 Å². The van der Waals surface area contributed by atoms with Gasteiger partial charge in [-0.3, -0.25) is 9.10 Å². The molecule has 3 aromatic carbocycles. The lowest BCUT2D eigenvalue weighted by Gasteiger charge is -2.23. The maximum absolute atomic E-state index is 14.0. The first kappa shape index (κ1) is 23.8. The van der Waals surface area contributed by atoms with Crippen LogP contribution in [0.2, 0.25) is 0 Å². The maximum atomic E-state index is 14.0. The molecule has 168 valence electrons. The number of amides is 1. The zero-order chi connectivity index (χ0) is 23.0. The van der Waals surface area contributed by atoms with Gasteiger partial charge in [-0.15, -0.1) is 0 Å². The van der Waals surface area contributed by atoms with Crippen LogP contribution in [0, 0.1) is 5.82 Å². The van der Waals surface area contributed by atoms with Gasteiger partial charge in [-0.25, -0.2) is 12.8 Å². The highest BCUT2D eigenvalue weighted by Gasteiger charge is 2.19. The average Bonchev–Trinajstić information content (AvgIpc) is 2.78. The first-order chi connectivity index (χ1) is 15.3. The first-order valence-electron chi connectivity index (χ1n) is 10.1. The summed E-state index contributed by atoms with van der Waals surface area (Å²) in [5, 5.41) is 2.87. The Bertz CT molecular complexity index is 1140. The largest absolute Gasteiger partial charge is 0.351 e. The van der Waals surface area contributed by atoms with E-state index >= 15 is 0 Å². The maximum Gasteiger partial charge on any atom is 0.251 e. The van der Waals surface area contributed by atoms with Crippen molar-refractivity contribution >= 4 is 33.4 Å². The molecule has 0 aliphatic heterocycles. The molecule has 0 aromatic heterocycles. The summed E-state index contributed by atoms with van der Waals surface area (Å²) in [7, 11) is -3.65. The molecule has 0 fully saturated rings. The standard InChI is InChI=1S/C24H25FN2O3S2/c1-32(29,30)27(17-21-9-5-6-10-23(21)25)22-13-11-20(12-14-22)24(28)26-15-16-31-18-19-7-3-2-4-8-19/h2-14H,15-18H2,1H3,(H,26,28). The van der Waals surface area contributed by atoms with Crippen LogP contribution in [-0.4, -0.2) is 32.9 Å². The van der Waals surface area contributed by atoms with Crippen molar-refractivity contribution in [1.29, 1.82) is 0 Å². The van der Waals surface area contributed by atoms with Gasteiger partial charge in [0.15, 0.2) is 0 Å². The number of thioether (sulfide) groups is 1. The molecule has 1 N–H and O–H groups in total. The highest BCUT2D eigenvalue weighted by Crippen LogP contribution is 2.22. The Labute approximate surface area is 192 Å². The third-order valence-electron chi connectivity index (χ3n) is 4.73. The van der Waals surface area contributed by atoms with Crippen molar-refractivity contribution in [2.24, 2.45) is 0 Å². The van der Waals surface area contributed by atoms with Gasteiger partial charge in [0.2, 0.25) is 10.0 Å². The van der Waals surface area contributed by atoms with Gasteiger partial charge in [0.05, 0.1) is 18.5 Å². The van der Waals surface area contributed by atoms with E-state index in [1.54, 1.807) is 54.2 Å². The molecule has 3 rings (SSSR count). The minimum Gasteiger partial charge on any atom is -0.351 e. The van der Waals surface area contributed by atoms with E-state index in [2.05, 4.69) is 17.4 Å². The minimum absolute atomic E-state index is 0.129. The predicted octanol–water partition coefficient (Wildman–Crippen LogP) is 4.46. The molecule has 0 unspecified atom stereocenters. The number of hydrogen-bond donors (Lipinski definition) is 1. The van der Waals surface area contributed by atoms with Gasteiger partial charge in [-0.05, 0) is 35.9 Å². The Morgan fingerprint density at radius 2 is 1.62 bits per heavy atom. The number of nitrogens with one attached hydrogen (secondary N) is 1. The molecule has 0 bridgehead atoms. The lowest BCUT2D eigenvalue weighted by atomic mass is 10.1. The molecular weight excluding hydrogens is 447 g/mol. The lowest BCUT2D eigenvalue weighted by molar-refractivity contribution is 0.0956. The van der Waals surface area contributed by atoms with Gasteiger partial charge in [-0.1, -0.05) is 48.5 Å². The van der Waals surface area contributed by atoms with Gasteiger partial charge >= 0.3 is 0 Å². The third-order valence-corrected chi connectivity index (χ3v) is 6.90. The number of carbonyl (C=O) groups is 1. The van der Waals surface area contributed by atoms with Crippen LogP contribution in [0.4, 0.5) is 10.1 Å². The SMILES string of the molecule is CS(=O)(=O)N(Cc1ccccc1F)c1ccc(C(=O)NCCSCc2ccccc2)cc1. The van der Waals surface area contributed by atoms with Crippen LogP contribution in [0.5, 0.6) is 0 Å². The molecule has 0 aliphatic rings. The Morgan fingerprint density at radius 1 is 0.969 bits per heavy atom. The van der Waals surface area contributed by atoms with Crippen molar-refractivity contribution < 1.29 is 17.6 Å². The van der Waals surface area contributed by atoms with E-state index in [1.165, 1.54) is 11.6 Å². The average molecular weight is 473 g/mol. The second kappa shape index (κ2) is 11.2. The molecule has 1 amide bonds. The molecule has 0 heterocycles. The summed E-state index contributed by atoms with van der Waals surface area (Å²) in [6.07, 6.45) is 1.07. The summed E-state index contributed by atoms with van der Waals surface area (Å²) in [6, 6.07) is 22.4. The molecule has 3 aromatic rings. The van der Waals surface area contributed by atoms with Crippen molar-refractivity contribution in [2.45, 2.75) is 12.3 Å². The molecule has 0 radical (unpaired) electrons. The zero-order valence-electron chi connectivity index (χ0n) is 17.7. The number of nitrogens with zero attached hydrogens (tertiary/aromatic N) is 1. The van der Waals surface area contributed by atoms with Crippen LogP contribution in [-0.2, 0) is 22.3 Å². The number of hydrogen-bond acceptors (Lipinski definition) is 4. The topological polar surface area (TPSA) is 66.5 Å². The quantitative estimate of drug-likeness (QED) is 0.443. The van der Waals surface area contributed by atoms with Crippen LogP contribution in [0.25, 0.3) is 0 Å². The Hall–Kier alpha value is -2.84. The van der Waals surface area contributed by atoms with Crippen LogP contribution in [0.1, 0.15) is 21.5 Å². The number of rotatable bonds is 10. The van der Waals surface area contributed by atoms with Gasteiger partial charge in [-0.2, -0.15) is 11.8 Å². The third kappa shape index (κ3) is 6.83. The van der Waals surface area contributed by atoms with E-state index in [1.807, 2.05) is 18.2 Å². The van der Waals surface area contributed by atoms with Crippen molar-refractivity contribution in [2.75, 3.05) is 22.9 Å². The first-order valence-corrected chi connectivity index (χ1v) is 13.1. The molecule has 0 saturated carbocycles. The summed E-state index contributed by atoms with van der Waals surface area (Å²) < 4.78 is 39.7. The van der Waals surface area contributed by atoms with Crippen LogP contribution in [0.15, 0.2) is 78.9 Å². The van der Waals surface area contributed by atoms with Gasteiger partial charge < -0.3 is 5.32 Å². The normalized spacial score (nSPS) is 11.2. The fraction of sp³-hybridized carbons (Fsp3) is 0.208. The Kier molecular flexibility index (Phi) is 8.30. The lowest BCUT2D eigenvalue weighted by Crippen LogP contribution is -2.30. The predicted molar refractivity (Wildman–Crippen MR) is 129 cm³/mol. The number of halogens is 1. The molecule has 0 saturated heterocycles. The fourth-order valence-corrected chi connectivity index (χ4v) is 4.76. The smallest absolute Gasteiger partial charge is 0.251 e. The van der Waals surface area contributed by atoms with Crippen LogP contribution < -0.4 is 9.62 Å². The van der Waals surface area contributed by atoms with Crippen LogP contribution in [0.3, 0.4) is 0 Å². The summed E-state index contributed by atoms with van der Waals surface area (Å²) in [5.41, 5.74) is 2.31. The van der Waals surface area contributed by atoms with Crippen molar-refractivity contribution in [3.05, 3.63) is 101 Å². The monoisotopic (exact) mass is 472 g/mol. The minimum atomic E-state index is -3.65. The number of anilines is 1.